The predicted octanol–water partition coefficient (Wildman–Crippen LogP) is 2.57. The zero-order valence-electron chi connectivity index (χ0n) is 10.2. The first-order valence-corrected chi connectivity index (χ1v) is 6.10. The molecular weight excluding hydrogens is 212 g/mol. The molecule has 1 aromatic rings. The first kappa shape index (κ1) is 11.9. The van der Waals surface area contributed by atoms with Crippen molar-refractivity contribution < 1.29 is 4.74 Å². The molecule has 17 heavy (non-hydrogen) atoms. The fourth-order valence-corrected chi connectivity index (χ4v) is 2.29. The van der Waals surface area contributed by atoms with Crippen LogP contribution in [0, 0.1) is 11.3 Å². The summed E-state index contributed by atoms with van der Waals surface area (Å²) in [4.78, 5) is 2.27. The molecule has 0 radical (unpaired) electrons. The molecule has 0 spiro atoms. The number of likely N-dealkylation sites (tertiary alicyclic amines) is 1. The largest absolute Gasteiger partial charge is 0.497 e. The van der Waals surface area contributed by atoms with E-state index in [2.05, 4.69) is 23.1 Å². The van der Waals surface area contributed by atoms with E-state index in [1.54, 1.807) is 7.11 Å². The van der Waals surface area contributed by atoms with Gasteiger partial charge in [-0.25, -0.2) is 0 Å². The first-order chi connectivity index (χ1) is 8.33. The Morgan fingerprint density at radius 1 is 1.35 bits per heavy atom. The Labute approximate surface area is 103 Å². The van der Waals surface area contributed by atoms with Crippen LogP contribution in [0.5, 0.6) is 5.75 Å². The quantitative estimate of drug-likeness (QED) is 0.800. The zero-order valence-corrected chi connectivity index (χ0v) is 10.2. The van der Waals surface area contributed by atoms with Crippen molar-refractivity contribution >= 4 is 0 Å². The molecule has 3 nitrogen and oxygen atoms in total. The molecule has 1 unspecified atom stereocenters. The van der Waals surface area contributed by atoms with Crippen molar-refractivity contribution in [1.82, 2.24) is 4.90 Å². The summed E-state index contributed by atoms with van der Waals surface area (Å²) >= 11 is 0. The van der Waals surface area contributed by atoms with Gasteiger partial charge in [-0.1, -0.05) is 12.1 Å². The number of methoxy groups -OCH3 is 1. The number of piperidine rings is 1. The van der Waals surface area contributed by atoms with E-state index in [4.69, 9.17) is 10.00 Å². The maximum Gasteiger partial charge on any atom is 0.118 e. The number of hydrogen-bond acceptors (Lipinski definition) is 3. The highest BCUT2D eigenvalue weighted by atomic mass is 16.5. The smallest absolute Gasteiger partial charge is 0.118 e. The van der Waals surface area contributed by atoms with Gasteiger partial charge in [0.25, 0.3) is 0 Å². The van der Waals surface area contributed by atoms with E-state index in [1.807, 2.05) is 12.1 Å². The van der Waals surface area contributed by atoms with Gasteiger partial charge in [-0.3, -0.25) is 4.90 Å². The molecule has 0 bridgehead atoms. The second-order valence-corrected chi connectivity index (χ2v) is 4.46. The van der Waals surface area contributed by atoms with Gasteiger partial charge >= 0.3 is 0 Å². The number of nitriles is 1. The number of nitrogens with zero attached hydrogens (tertiary/aromatic N) is 2. The Kier molecular flexibility index (Phi) is 4.00. The Hall–Kier alpha value is -1.53. The molecule has 1 aromatic carbocycles. The van der Waals surface area contributed by atoms with E-state index < -0.39 is 0 Å². The molecule has 1 atom stereocenters. The third-order valence-corrected chi connectivity index (χ3v) is 3.31. The van der Waals surface area contributed by atoms with Crippen LogP contribution in [0.3, 0.4) is 0 Å². The number of rotatable bonds is 3. The molecule has 3 heteroatoms. The third kappa shape index (κ3) is 2.98. The summed E-state index contributed by atoms with van der Waals surface area (Å²) in [6.07, 6.45) is 3.39. The van der Waals surface area contributed by atoms with Crippen molar-refractivity contribution in [2.75, 3.05) is 13.7 Å². The van der Waals surface area contributed by atoms with Gasteiger partial charge in [0.1, 0.15) is 5.75 Å². The first-order valence-electron chi connectivity index (χ1n) is 6.10. The van der Waals surface area contributed by atoms with Crippen molar-refractivity contribution in [3.05, 3.63) is 29.8 Å². The van der Waals surface area contributed by atoms with Crippen molar-refractivity contribution in [2.45, 2.75) is 31.8 Å². The standard InChI is InChI=1S/C14H18N2O/c1-17-14-7-5-12(6-8-14)11-16-9-3-2-4-13(16)10-15/h5-8,13H,2-4,9,11H2,1H3. The summed E-state index contributed by atoms with van der Waals surface area (Å²) < 4.78 is 5.14. The summed E-state index contributed by atoms with van der Waals surface area (Å²) in [7, 11) is 1.67. The lowest BCUT2D eigenvalue weighted by Gasteiger charge is -2.31. The second-order valence-electron chi connectivity index (χ2n) is 4.46. The van der Waals surface area contributed by atoms with Crippen molar-refractivity contribution in [3.8, 4) is 11.8 Å². The van der Waals surface area contributed by atoms with E-state index in [-0.39, 0.29) is 6.04 Å². The van der Waals surface area contributed by atoms with Gasteiger partial charge in [0.05, 0.1) is 19.2 Å². The molecular formula is C14H18N2O. The highest BCUT2D eigenvalue weighted by molar-refractivity contribution is 5.27. The molecule has 1 saturated heterocycles. The van der Waals surface area contributed by atoms with E-state index in [0.29, 0.717) is 0 Å². The minimum absolute atomic E-state index is 0.0888. The molecule has 0 aromatic heterocycles. The molecule has 1 heterocycles. The van der Waals surface area contributed by atoms with Crippen LogP contribution in [-0.2, 0) is 6.54 Å². The van der Waals surface area contributed by atoms with Crippen LogP contribution >= 0.6 is 0 Å². The van der Waals surface area contributed by atoms with Crippen LogP contribution in [0.2, 0.25) is 0 Å². The Bertz CT molecular complexity index is 394. The van der Waals surface area contributed by atoms with E-state index in [9.17, 15) is 0 Å². The molecule has 0 aliphatic carbocycles. The van der Waals surface area contributed by atoms with Gasteiger partial charge in [-0.15, -0.1) is 0 Å². The lowest BCUT2D eigenvalue weighted by Crippen LogP contribution is -2.37. The number of ether oxygens (including phenoxy) is 1. The lowest BCUT2D eigenvalue weighted by atomic mass is 10.0. The Balaban J connectivity index is 2.01. The molecule has 2 rings (SSSR count). The Morgan fingerprint density at radius 3 is 2.76 bits per heavy atom. The average molecular weight is 230 g/mol. The molecule has 1 aliphatic heterocycles. The minimum Gasteiger partial charge on any atom is -0.497 e. The van der Waals surface area contributed by atoms with E-state index >= 15 is 0 Å². The van der Waals surface area contributed by atoms with Gasteiger partial charge in [0.15, 0.2) is 0 Å². The normalized spacial score (nSPS) is 20.8. The molecule has 90 valence electrons. The summed E-state index contributed by atoms with van der Waals surface area (Å²) in [5.74, 6) is 0.879. The van der Waals surface area contributed by atoms with E-state index in [0.717, 1.165) is 25.3 Å². The van der Waals surface area contributed by atoms with E-state index in [1.165, 1.54) is 18.4 Å². The average Bonchev–Trinajstić information content (AvgIpc) is 2.40. The monoisotopic (exact) mass is 230 g/mol. The second kappa shape index (κ2) is 5.70. The highest BCUT2D eigenvalue weighted by Crippen LogP contribution is 2.20. The van der Waals surface area contributed by atoms with Crippen LogP contribution in [0.25, 0.3) is 0 Å². The third-order valence-electron chi connectivity index (χ3n) is 3.31. The zero-order chi connectivity index (χ0) is 12.1. The van der Waals surface area contributed by atoms with Crippen molar-refractivity contribution in [2.24, 2.45) is 0 Å². The van der Waals surface area contributed by atoms with Gasteiger partial charge in [-0.2, -0.15) is 5.26 Å². The van der Waals surface area contributed by atoms with Gasteiger partial charge in [0.2, 0.25) is 0 Å². The van der Waals surface area contributed by atoms with Crippen molar-refractivity contribution in [1.29, 1.82) is 5.26 Å². The molecule has 1 fully saturated rings. The molecule has 1 aliphatic rings. The highest BCUT2D eigenvalue weighted by Gasteiger charge is 2.21. The summed E-state index contributed by atoms with van der Waals surface area (Å²) in [5.41, 5.74) is 1.24. The van der Waals surface area contributed by atoms with Crippen LogP contribution in [0.15, 0.2) is 24.3 Å². The topological polar surface area (TPSA) is 36.3 Å². The fourth-order valence-electron chi connectivity index (χ4n) is 2.29. The molecule has 0 amide bonds. The maximum absolute atomic E-state index is 9.11. The van der Waals surface area contributed by atoms with Crippen LogP contribution in [0.4, 0.5) is 0 Å². The summed E-state index contributed by atoms with van der Waals surface area (Å²) in [6, 6.07) is 10.6. The van der Waals surface area contributed by atoms with Crippen LogP contribution in [0.1, 0.15) is 24.8 Å². The number of benzene rings is 1. The molecule has 0 N–H and O–H groups in total. The maximum atomic E-state index is 9.11. The summed E-state index contributed by atoms with van der Waals surface area (Å²) in [5, 5.41) is 9.11. The lowest BCUT2D eigenvalue weighted by molar-refractivity contribution is 0.176. The van der Waals surface area contributed by atoms with Gasteiger partial charge in [-0.05, 0) is 43.5 Å². The number of hydrogen-bond donors (Lipinski definition) is 0. The van der Waals surface area contributed by atoms with Crippen LogP contribution < -0.4 is 4.74 Å². The van der Waals surface area contributed by atoms with Crippen molar-refractivity contribution in [3.63, 3.8) is 0 Å². The van der Waals surface area contributed by atoms with Crippen LogP contribution in [-0.4, -0.2) is 24.6 Å². The summed E-state index contributed by atoms with van der Waals surface area (Å²) in [6.45, 7) is 1.90. The molecule has 0 saturated carbocycles. The van der Waals surface area contributed by atoms with Gasteiger partial charge < -0.3 is 4.74 Å². The predicted molar refractivity (Wildman–Crippen MR) is 66.7 cm³/mol. The fraction of sp³-hybridized carbons (Fsp3) is 0.500. The SMILES string of the molecule is COc1ccc(CN2CCCCC2C#N)cc1. The minimum atomic E-state index is 0.0888. The van der Waals surface area contributed by atoms with Gasteiger partial charge in [0, 0.05) is 6.54 Å². The Morgan fingerprint density at radius 2 is 2.12 bits per heavy atom.